The van der Waals surface area contributed by atoms with Crippen LogP contribution in [0.5, 0.6) is 0 Å². The highest BCUT2D eigenvalue weighted by Gasteiger charge is 2.39. The van der Waals surface area contributed by atoms with Gasteiger partial charge in [0.2, 0.25) is 10.0 Å². The van der Waals surface area contributed by atoms with E-state index in [9.17, 15) is 13.5 Å². The Morgan fingerprint density at radius 1 is 1.59 bits per heavy atom. The lowest BCUT2D eigenvalue weighted by atomic mass is 10.1. The highest BCUT2D eigenvalue weighted by atomic mass is 32.2. The van der Waals surface area contributed by atoms with Gasteiger partial charge < -0.3 is 10.8 Å². The molecule has 0 aromatic carbocycles. The van der Waals surface area contributed by atoms with E-state index in [1.807, 2.05) is 0 Å². The summed E-state index contributed by atoms with van der Waals surface area (Å²) < 4.78 is 25.7. The normalized spacial score (nSPS) is 26.2. The van der Waals surface area contributed by atoms with Crippen molar-refractivity contribution in [2.75, 3.05) is 18.8 Å². The zero-order valence-electron chi connectivity index (χ0n) is 9.50. The minimum atomic E-state index is -3.65. The number of nitrogen functional groups attached to an aromatic ring is 1. The zero-order chi connectivity index (χ0) is 12.7. The standard InChI is InChI=1S/C10H15N3O3S/c1-10(14)3-5-13(7-10)17(15,16)9-6-12-4-2-8(9)11/h2,4,6,14H,3,5,7H2,1H3,(H2,11,12). The molecular formula is C10H15N3O3S. The number of nitrogens with two attached hydrogens (primary N) is 1. The Morgan fingerprint density at radius 2 is 2.29 bits per heavy atom. The second-order valence-corrected chi connectivity index (χ2v) is 6.41. The first-order valence-corrected chi connectivity index (χ1v) is 6.69. The number of nitrogens with zero attached hydrogens (tertiary/aromatic N) is 2. The monoisotopic (exact) mass is 257 g/mol. The van der Waals surface area contributed by atoms with Crippen molar-refractivity contribution in [3.8, 4) is 0 Å². The van der Waals surface area contributed by atoms with Crippen LogP contribution in [0.15, 0.2) is 23.4 Å². The van der Waals surface area contributed by atoms with Gasteiger partial charge in [-0.1, -0.05) is 0 Å². The lowest BCUT2D eigenvalue weighted by Crippen LogP contribution is -2.34. The van der Waals surface area contributed by atoms with Crippen molar-refractivity contribution in [3.63, 3.8) is 0 Å². The quantitative estimate of drug-likeness (QED) is 0.765. The molecule has 0 spiro atoms. The third-order valence-electron chi connectivity index (χ3n) is 2.85. The van der Waals surface area contributed by atoms with Gasteiger partial charge in [-0.25, -0.2) is 8.42 Å². The summed E-state index contributed by atoms with van der Waals surface area (Å²) in [5.74, 6) is 0. The average Bonchev–Trinajstić information content (AvgIpc) is 2.60. The lowest BCUT2D eigenvalue weighted by molar-refractivity contribution is 0.0762. The molecule has 1 aliphatic heterocycles. The van der Waals surface area contributed by atoms with E-state index in [1.165, 1.54) is 22.8 Å². The number of hydrogen-bond acceptors (Lipinski definition) is 5. The highest BCUT2D eigenvalue weighted by Crippen LogP contribution is 2.28. The molecule has 0 aliphatic carbocycles. The van der Waals surface area contributed by atoms with E-state index < -0.39 is 15.6 Å². The van der Waals surface area contributed by atoms with Gasteiger partial charge in [-0.05, 0) is 19.4 Å². The molecule has 1 aliphatic rings. The molecule has 0 amide bonds. The predicted octanol–water partition coefficient (Wildman–Crippen LogP) is -0.191. The van der Waals surface area contributed by atoms with Gasteiger partial charge in [0.25, 0.3) is 0 Å². The number of aromatic nitrogens is 1. The predicted molar refractivity (Wildman–Crippen MR) is 62.6 cm³/mol. The Hall–Kier alpha value is -1.18. The number of anilines is 1. The zero-order valence-corrected chi connectivity index (χ0v) is 10.3. The summed E-state index contributed by atoms with van der Waals surface area (Å²) in [7, 11) is -3.65. The molecule has 1 atom stereocenters. The highest BCUT2D eigenvalue weighted by molar-refractivity contribution is 7.89. The third kappa shape index (κ3) is 2.26. The number of hydrogen-bond donors (Lipinski definition) is 2. The average molecular weight is 257 g/mol. The molecule has 7 heteroatoms. The first-order chi connectivity index (χ1) is 7.83. The van der Waals surface area contributed by atoms with Crippen molar-refractivity contribution >= 4 is 15.7 Å². The fourth-order valence-electron chi connectivity index (χ4n) is 1.85. The van der Waals surface area contributed by atoms with Crippen LogP contribution in [0.1, 0.15) is 13.3 Å². The maximum atomic E-state index is 12.2. The van der Waals surface area contributed by atoms with Gasteiger partial charge in [-0.3, -0.25) is 4.98 Å². The molecule has 17 heavy (non-hydrogen) atoms. The van der Waals surface area contributed by atoms with Crippen LogP contribution in [0.25, 0.3) is 0 Å². The molecule has 1 saturated heterocycles. The van der Waals surface area contributed by atoms with E-state index in [-0.39, 0.29) is 17.1 Å². The van der Waals surface area contributed by atoms with Crippen molar-refractivity contribution in [3.05, 3.63) is 18.5 Å². The van der Waals surface area contributed by atoms with Gasteiger partial charge in [0, 0.05) is 25.5 Å². The largest absolute Gasteiger partial charge is 0.398 e. The second kappa shape index (κ2) is 3.94. The molecular weight excluding hydrogens is 242 g/mol. The summed E-state index contributed by atoms with van der Waals surface area (Å²) >= 11 is 0. The van der Waals surface area contributed by atoms with E-state index in [2.05, 4.69) is 4.98 Å². The number of β-amino-alcohol motifs (C(OH)–C–C–N with tert-alkyl or cyclic N) is 1. The first-order valence-electron chi connectivity index (χ1n) is 5.25. The molecule has 2 heterocycles. The molecule has 0 radical (unpaired) electrons. The second-order valence-electron chi connectivity index (χ2n) is 4.50. The number of sulfonamides is 1. The van der Waals surface area contributed by atoms with E-state index in [1.54, 1.807) is 6.92 Å². The van der Waals surface area contributed by atoms with Crippen LogP contribution in [0.4, 0.5) is 5.69 Å². The maximum absolute atomic E-state index is 12.2. The molecule has 1 unspecified atom stereocenters. The van der Waals surface area contributed by atoms with Crippen LogP contribution in [-0.4, -0.2) is 41.5 Å². The van der Waals surface area contributed by atoms with Gasteiger partial charge in [0.1, 0.15) is 4.90 Å². The molecule has 0 saturated carbocycles. The maximum Gasteiger partial charge on any atom is 0.246 e. The van der Waals surface area contributed by atoms with E-state index in [4.69, 9.17) is 5.73 Å². The number of pyridine rings is 1. The third-order valence-corrected chi connectivity index (χ3v) is 4.74. The van der Waals surface area contributed by atoms with Gasteiger partial charge in [-0.15, -0.1) is 0 Å². The van der Waals surface area contributed by atoms with Gasteiger partial charge >= 0.3 is 0 Å². The Morgan fingerprint density at radius 3 is 2.82 bits per heavy atom. The van der Waals surface area contributed by atoms with Crippen LogP contribution in [0.3, 0.4) is 0 Å². The molecule has 94 valence electrons. The summed E-state index contributed by atoms with van der Waals surface area (Å²) in [5, 5.41) is 9.79. The number of aliphatic hydroxyl groups is 1. The van der Waals surface area contributed by atoms with Crippen LogP contribution < -0.4 is 5.73 Å². The molecule has 6 nitrogen and oxygen atoms in total. The summed E-state index contributed by atoms with van der Waals surface area (Å²) in [6, 6.07) is 1.45. The minimum Gasteiger partial charge on any atom is -0.398 e. The SMILES string of the molecule is CC1(O)CCN(S(=O)(=O)c2cnccc2N)C1. The van der Waals surface area contributed by atoms with Crippen molar-refractivity contribution < 1.29 is 13.5 Å². The van der Waals surface area contributed by atoms with Crippen molar-refractivity contribution in [1.82, 2.24) is 9.29 Å². The fraction of sp³-hybridized carbons (Fsp3) is 0.500. The van der Waals surface area contributed by atoms with Crippen molar-refractivity contribution in [2.24, 2.45) is 0 Å². The first kappa shape index (κ1) is 12.3. The lowest BCUT2D eigenvalue weighted by Gasteiger charge is -2.19. The Bertz CT molecular complexity index is 527. The topological polar surface area (TPSA) is 96.5 Å². The molecule has 1 fully saturated rings. The fourth-order valence-corrected chi connectivity index (χ4v) is 3.47. The Kier molecular flexibility index (Phi) is 2.84. The van der Waals surface area contributed by atoms with Gasteiger partial charge in [0.05, 0.1) is 11.3 Å². The van der Waals surface area contributed by atoms with Crippen LogP contribution in [0.2, 0.25) is 0 Å². The number of rotatable bonds is 2. The Balaban J connectivity index is 2.36. The molecule has 3 N–H and O–H groups in total. The summed E-state index contributed by atoms with van der Waals surface area (Å²) in [6.07, 6.45) is 3.10. The van der Waals surface area contributed by atoms with Crippen molar-refractivity contribution in [1.29, 1.82) is 0 Å². The van der Waals surface area contributed by atoms with Crippen molar-refractivity contribution in [2.45, 2.75) is 23.8 Å². The molecule has 2 rings (SSSR count). The molecule has 0 bridgehead atoms. The summed E-state index contributed by atoms with van der Waals surface area (Å²) in [6.45, 7) is 2.00. The summed E-state index contributed by atoms with van der Waals surface area (Å²) in [4.78, 5) is 3.77. The van der Waals surface area contributed by atoms with Gasteiger partial charge in [0.15, 0.2) is 0 Å². The van der Waals surface area contributed by atoms with E-state index in [0.29, 0.717) is 13.0 Å². The molecule has 1 aromatic rings. The Labute approximate surface area is 100 Å². The van der Waals surface area contributed by atoms with Crippen LogP contribution >= 0.6 is 0 Å². The summed E-state index contributed by atoms with van der Waals surface area (Å²) in [5.41, 5.74) is 4.84. The van der Waals surface area contributed by atoms with E-state index in [0.717, 1.165) is 0 Å². The van der Waals surface area contributed by atoms with E-state index >= 15 is 0 Å². The van der Waals surface area contributed by atoms with Gasteiger partial charge in [-0.2, -0.15) is 4.31 Å². The smallest absolute Gasteiger partial charge is 0.246 e. The van der Waals surface area contributed by atoms with Crippen LogP contribution in [0, 0.1) is 0 Å². The van der Waals surface area contributed by atoms with Crippen LogP contribution in [-0.2, 0) is 10.0 Å². The molecule has 1 aromatic heterocycles. The minimum absolute atomic E-state index is 0.00213.